The van der Waals surface area contributed by atoms with Gasteiger partial charge in [-0.05, 0) is 57.1 Å². The lowest BCUT2D eigenvalue weighted by molar-refractivity contribution is 0.226. The van der Waals surface area contributed by atoms with Crippen LogP contribution in [0.2, 0.25) is 5.02 Å². The number of hydrogen-bond donors (Lipinski definition) is 1. The lowest BCUT2D eigenvalue weighted by Crippen LogP contribution is -2.32. The summed E-state index contributed by atoms with van der Waals surface area (Å²) in [5, 5.41) is 4.27. The Hall–Kier alpha value is -0.730. The molecule has 0 aliphatic carbocycles. The second-order valence-electron chi connectivity index (χ2n) is 4.64. The third kappa shape index (κ3) is 3.39. The predicted octanol–water partition coefficient (Wildman–Crippen LogP) is 3.09. The number of rotatable bonds is 3. The molecule has 1 N–H and O–H groups in total. The first-order valence-corrected chi connectivity index (χ1v) is 6.30. The summed E-state index contributed by atoms with van der Waals surface area (Å²) in [7, 11) is 2.20. The van der Waals surface area contributed by atoms with E-state index in [2.05, 4.69) is 23.3 Å². The molecule has 1 aliphatic heterocycles. The Kier molecular flexibility index (Phi) is 4.08. The van der Waals surface area contributed by atoms with E-state index in [1.165, 1.54) is 25.9 Å². The van der Waals surface area contributed by atoms with Crippen molar-refractivity contribution in [1.82, 2.24) is 4.90 Å². The molecule has 0 spiro atoms. The number of halogens is 1. The van der Waals surface area contributed by atoms with Gasteiger partial charge >= 0.3 is 0 Å². The molecule has 2 rings (SSSR count). The minimum absolute atomic E-state index is 0.799. The Morgan fingerprint density at radius 3 is 2.81 bits per heavy atom. The van der Waals surface area contributed by atoms with Gasteiger partial charge in [0.15, 0.2) is 0 Å². The van der Waals surface area contributed by atoms with Gasteiger partial charge in [-0.2, -0.15) is 0 Å². The number of hydrogen-bond acceptors (Lipinski definition) is 2. The van der Waals surface area contributed by atoms with Crippen molar-refractivity contribution in [3.8, 4) is 0 Å². The monoisotopic (exact) mass is 238 g/mol. The molecular formula is C13H19ClN2. The number of likely N-dealkylation sites (tertiary alicyclic amines) is 1. The van der Waals surface area contributed by atoms with Gasteiger partial charge in [0.05, 0.1) is 0 Å². The molecule has 88 valence electrons. The third-order valence-corrected chi connectivity index (χ3v) is 3.49. The summed E-state index contributed by atoms with van der Waals surface area (Å²) >= 11 is 5.94. The van der Waals surface area contributed by atoms with Crippen LogP contribution in [-0.4, -0.2) is 31.6 Å². The van der Waals surface area contributed by atoms with Crippen molar-refractivity contribution in [3.05, 3.63) is 29.3 Å². The molecule has 0 amide bonds. The first-order chi connectivity index (χ1) is 7.74. The Morgan fingerprint density at radius 1 is 1.38 bits per heavy atom. The zero-order valence-electron chi connectivity index (χ0n) is 9.75. The van der Waals surface area contributed by atoms with E-state index in [0.717, 1.165) is 23.2 Å². The third-order valence-electron chi connectivity index (χ3n) is 3.26. The molecule has 0 saturated carbocycles. The highest BCUT2D eigenvalue weighted by atomic mass is 35.5. The highest BCUT2D eigenvalue weighted by Crippen LogP contribution is 2.19. The summed E-state index contributed by atoms with van der Waals surface area (Å²) < 4.78 is 0. The van der Waals surface area contributed by atoms with E-state index >= 15 is 0 Å². The van der Waals surface area contributed by atoms with Gasteiger partial charge in [0.1, 0.15) is 0 Å². The van der Waals surface area contributed by atoms with Crippen LogP contribution in [0.3, 0.4) is 0 Å². The minimum Gasteiger partial charge on any atom is -0.385 e. The van der Waals surface area contributed by atoms with Crippen molar-refractivity contribution in [2.75, 3.05) is 32.0 Å². The van der Waals surface area contributed by atoms with Crippen LogP contribution in [0.4, 0.5) is 5.69 Å². The first kappa shape index (κ1) is 11.7. The topological polar surface area (TPSA) is 15.3 Å². The Balaban J connectivity index is 1.79. The molecule has 1 aliphatic rings. The summed E-state index contributed by atoms with van der Waals surface area (Å²) in [5.41, 5.74) is 1.13. The van der Waals surface area contributed by atoms with E-state index in [9.17, 15) is 0 Å². The maximum Gasteiger partial charge on any atom is 0.0426 e. The van der Waals surface area contributed by atoms with Crippen molar-refractivity contribution in [2.24, 2.45) is 5.92 Å². The Morgan fingerprint density at radius 2 is 2.12 bits per heavy atom. The SMILES string of the molecule is CN1CCC(CNc2cccc(Cl)c2)CC1. The number of benzene rings is 1. The van der Waals surface area contributed by atoms with Gasteiger partial charge in [-0.3, -0.25) is 0 Å². The maximum atomic E-state index is 5.94. The van der Waals surface area contributed by atoms with E-state index < -0.39 is 0 Å². The van der Waals surface area contributed by atoms with E-state index in [-0.39, 0.29) is 0 Å². The quantitative estimate of drug-likeness (QED) is 0.871. The molecule has 1 heterocycles. The molecule has 0 atom stereocenters. The van der Waals surface area contributed by atoms with Gasteiger partial charge in [-0.1, -0.05) is 17.7 Å². The zero-order valence-corrected chi connectivity index (χ0v) is 10.5. The molecule has 0 radical (unpaired) electrons. The number of nitrogens with zero attached hydrogens (tertiary/aromatic N) is 1. The van der Waals surface area contributed by atoms with Crippen LogP contribution in [0, 0.1) is 5.92 Å². The van der Waals surface area contributed by atoms with Gasteiger partial charge in [0.2, 0.25) is 0 Å². The van der Waals surface area contributed by atoms with E-state index in [0.29, 0.717) is 0 Å². The van der Waals surface area contributed by atoms with Crippen molar-refractivity contribution in [3.63, 3.8) is 0 Å². The highest BCUT2D eigenvalue weighted by molar-refractivity contribution is 6.30. The summed E-state index contributed by atoms with van der Waals surface area (Å²) in [6, 6.07) is 7.94. The largest absolute Gasteiger partial charge is 0.385 e. The standard InChI is InChI=1S/C13H19ClN2/c1-16-7-5-11(6-8-16)10-15-13-4-2-3-12(14)9-13/h2-4,9,11,15H,5-8,10H2,1H3. The summed E-state index contributed by atoms with van der Waals surface area (Å²) in [5.74, 6) is 0.801. The van der Waals surface area contributed by atoms with Gasteiger partial charge in [0, 0.05) is 17.3 Å². The average molecular weight is 239 g/mol. The number of anilines is 1. The fourth-order valence-corrected chi connectivity index (χ4v) is 2.32. The number of nitrogens with one attached hydrogen (secondary N) is 1. The smallest absolute Gasteiger partial charge is 0.0426 e. The van der Waals surface area contributed by atoms with Crippen molar-refractivity contribution in [2.45, 2.75) is 12.8 Å². The molecule has 2 nitrogen and oxygen atoms in total. The summed E-state index contributed by atoms with van der Waals surface area (Å²) in [4.78, 5) is 2.40. The lowest BCUT2D eigenvalue weighted by Gasteiger charge is -2.29. The molecule has 1 saturated heterocycles. The lowest BCUT2D eigenvalue weighted by atomic mass is 9.97. The molecule has 16 heavy (non-hydrogen) atoms. The van der Waals surface area contributed by atoms with Gasteiger partial charge in [-0.15, -0.1) is 0 Å². The van der Waals surface area contributed by atoms with Crippen molar-refractivity contribution in [1.29, 1.82) is 0 Å². The average Bonchev–Trinajstić information content (AvgIpc) is 2.28. The Labute approximate surface area is 103 Å². The van der Waals surface area contributed by atoms with Crippen LogP contribution >= 0.6 is 11.6 Å². The summed E-state index contributed by atoms with van der Waals surface area (Å²) in [6.45, 7) is 3.51. The highest BCUT2D eigenvalue weighted by Gasteiger charge is 2.15. The normalized spacial score (nSPS) is 18.6. The molecule has 0 bridgehead atoms. The van der Waals surface area contributed by atoms with Gasteiger partial charge in [-0.25, -0.2) is 0 Å². The molecule has 3 heteroatoms. The fraction of sp³-hybridized carbons (Fsp3) is 0.538. The Bertz CT molecular complexity index is 332. The molecular weight excluding hydrogens is 220 g/mol. The molecule has 1 fully saturated rings. The second kappa shape index (κ2) is 5.55. The molecule has 1 aromatic rings. The van der Waals surface area contributed by atoms with E-state index in [1.807, 2.05) is 18.2 Å². The summed E-state index contributed by atoms with van der Waals surface area (Å²) in [6.07, 6.45) is 2.59. The van der Waals surface area contributed by atoms with Crippen LogP contribution < -0.4 is 5.32 Å². The van der Waals surface area contributed by atoms with Crippen LogP contribution in [0.15, 0.2) is 24.3 Å². The van der Waals surface area contributed by atoms with Crippen molar-refractivity contribution < 1.29 is 0 Å². The minimum atomic E-state index is 0.799. The fourth-order valence-electron chi connectivity index (χ4n) is 2.13. The van der Waals surface area contributed by atoms with Gasteiger partial charge in [0.25, 0.3) is 0 Å². The number of piperidine rings is 1. The second-order valence-corrected chi connectivity index (χ2v) is 5.07. The van der Waals surface area contributed by atoms with E-state index in [1.54, 1.807) is 0 Å². The predicted molar refractivity (Wildman–Crippen MR) is 70.2 cm³/mol. The van der Waals surface area contributed by atoms with Crippen LogP contribution in [0.5, 0.6) is 0 Å². The maximum absolute atomic E-state index is 5.94. The van der Waals surface area contributed by atoms with Crippen LogP contribution in [0.25, 0.3) is 0 Å². The van der Waals surface area contributed by atoms with E-state index in [4.69, 9.17) is 11.6 Å². The molecule has 1 aromatic carbocycles. The van der Waals surface area contributed by atoms with Crippen LogP contribution in [0.1, 0.15) is 12.8 Å². The zero-order chi connectivity index (χ0) is 11.4. The first-order valence-electron chi connectivity index (χ1n) is 5.92. The van der Waals surface area contributed by atoms with Gasteiger partial charge < -0.3 is 10.2 Å². The van der Waals surface area contributed by atoms with Crippen LogP contribution in [-0.2, 0) is 0 Å². The molecule has 0 aromatic heterocycles. The van der Waals surface area contributed by atoms with Crippen molar-refractivity contribution >= 4 is 17.3 Å². The molecule has 0 unspecified atom stereocenters.